The first-order chi connectivity index (χ1) is 12.6. The maximum atomic E-state index is 12.9. The van der Waals surface area contributed by atoms with Crippen LogP contribution in [0, 0.1) is 0 Å². The van der Waals surface area contributed by atoms with Crippen molar-refractivity contribution < 1.29 is 26.4 Å². The Balaban J connectivity index is 2.08. The predicted octanol–water partition coefficient (Wildman–Crippen LogP) is 2.19. The second kappa shape index (κ2) is 8.76. The second-order valence-electron chi connectivity index (χ2n) is 6.17. The molecule has 11 heteroatoms. The van der Waals surface area contributed by atoms with Crippen molar-refractivity contribution in [1.29, 1.82) is 0 Å². The third-order valence-corrected chi connectivity index (χ3v) is 6.53. The van der Waals surface area contributed by atoms with Gasteiger partial charge in [0, 0.05) is 32.7 Å². The zero-order valence-corrected chi connectivity index (χ0v) is 16.3. The van der Waals surface area contributed by atoms with E-state index in [1.54, 1.807) is 4.90 Å². The Bertz CT molecular complexity index is 779. The van der Waals surface area contributed by atoms with Crippen molar-refractivity contribution in [2.75, 3.05) is 39.3 Å². The number of amides is 1. The molecule has 1 aliphatic rings. The molecule has 0 radical (unpaired) electrons. The summed E-state index contributed by atoms with van der Waals surface area (Å²) in [6, 6.07) is 2.24. The molecule has 1 heterocycles. The van der Waals surface area contributed by atoms with E-state index >= 15 is 0 Å². The Kier molecular flexibility index (Phi) is 7.12. The number of alkyl halides is 3. The largest absolute Gasteiger partial charge is 0.416 e. The van der Waals surface area contributed by atoms with Crippen LogP contribution in [0.4, 0.5) is 13.2 Å². The first kappa shape index (κ1) is 21.9. The fourth-order valence-electron chi connectivity index (χ4n) is 2.67. The molecular formula is C16H21ClF3N3O3S. The molecule has 27 heavy (non-hydrogen) atoms. The number of hydrogen-bond donors (Lipinski definition) is 1. The van der Waals surface area contributed by atoms with Gasteiger partial charge in [-0.05, 0) is 24.6 Å². The summed E-state index contributed by atoms with van der Waals surface area (Å²) in [5, 5.41) is 2.48. The van der Waals surface area contributed by atoms with Crippen molar-refractivity contribution in [3.05, 3.63) is 28.8 Å². The molecule has 6 nitrogen and oxygen atoms in total. The van der Waals surface area contributed by atoms with Gasteiger partial charge in [0.05, 0.1) is 17.1 Å². The maximum absolute atomic E-state index is 12.9. The normalized spacial score (nSPS) is 17.1. The standard InChI is InChI=1S/C16H21ClF3N3O3S/c1-2-5-21-15(24)11-22-6-8-23(9-7-22)27(25,26)14-10-12(16(18,19)20)3-4-13(14)17/h3-4,10H,2,5-9,11H2,1H3,(H,21,24). The van der Waals surface area contributed by atoms with Gasteiger partial charge in [0.25, 0.3) is 0 Å². The number of hydrogen-bond acceptors (Lipinski definition) is 4. The zero-order chi connectivity index (χ0) is 20.2. The lowest BCUT2D eigenvalue weighted by Crippen LogP contribution is -2.51. The monoisotopic (exact) mass is 427 g/mol. The summed E-state index contributed by atoms with van der Waals surface area (Å²) in [5.74, 6) is -0.144. The van der Waals surface area contributed by atoms with E-state index in [1.165, 1.54) is 0 Å². The van der Waals surface area contributed by atoms with Gasteiger partial charge in [0.2, 0.25) is 15.9 Å². The van der Waals surface area contributed by atoms with Crippen LogP contribution in [0.5, 0.6) is 0 Å². The number of nitrogens with zero attached hydrogens (tertiary/aromatic N) is 2. The van der Waals surface area contributed by atoms with Crippen molar-refractivity contribution in [3.8, 4) is 0 Å². The third-order valence-electron chi connectivity index (χ3n) is 4.15. The number of piperazine rings is 1. The van der Waals surface area contributed by atoms with Crippen molar-refractivity contribution in [1.82, 2.24) is 14.5 Å². The molecule has 0 atom stereocenters. The van der Waals surface area contributed by atoms with Gasteiger partial charge in [-0.1, -0.05) is 18.5 Å². The van der Waals surface area contributed by atoms with Gasteiger partial charge >= 0.3 is 6.18 Å². The zero-order valence-electron chi connectivity index (χ0n) is 14.7. The number of carbonyl (C=O) groups excluding carboxylic acids is 1. The van der Waals surface area contributed by atoms with E-state index in [1.807, 2.05) is 6.92 Å². The lowest BCUT2D eigenvalue weighted by molar-refractivity contribution is -0.137. The highest BCUT2D eigenvalue weighted by atomic mass is 35.5. The highest BCUT2D eigenvalue weighted by Crippen LogP contribution is 2.34. The molecule has 152 valence electrons. The van der Waals surface area contributed by atoms with Gasteiger partial charge in [0.1, 0.15) is 4.90 Å². The summed E-state index contributed by atoms with van der Waals surface area (Å²) in [6.07, 6.45) is -3.85. The third kappa shape index (κ3) is 5.56. The van der Waals surface area contributed by atoms with Gasteiger partial charge in [0.15, 0.2) is 0 Å². The predicted molar refractivity (Wildman–Crippen MR) is 95.0 cm³/mol. The molecule has 0 aromatic heterocycles. The minimum atomic E-state index is -4.67. The topological polar surface area (TPSA) is 69.7 Å². The summed E-state index contributed by atoms with van der Waals surface area (Å²) in [5.41, 5.74) is -1.07. The summed E-state index contributed by atoms with van der Waals surface area (Å²) >= 11 is 5.86. The van der Waals surface area contributed by atoms with Crippen molar-refractivity contribution in [2.45, 2.75) is 24.4 Å². The van der Waals surface area contributed by atoms with Crippen LogP contribution >= 0.6 is 11.6 Å². The summed E-state index contributed by atoms with van der Waals surface area (Å²) < 4.78 is 65.2. The van der Waals surface area contributed by atoms with Crippen LogP contribution in [0.25, 0.3) is 0 Å². The molecule has 1 N–H and O–H groups in total. The van der Waals surface area contributed by atoms with Crippen LogP contribution in [0.15, 0.2) is 23.1 Å². The van der Waals surface area contributed by atoms with E-state index in [0.29, 0.717) is 25.7 Å². The molecule has 1 aromatic carbocycles. The first-order valence-corrected chi connectivity index (χ1v) is 10.2. The number of rotatable bonds is 6. The SMILES string of the molecule is CCCNC(=O)CN1CCN(S(=O)(=O)c2cc(C(F)(F)F)ccc2Cl)CC1. The average Bonchev–Trinajstić information content (AvgIpc) is 2.59. The van der Waals surface area contributed by atoms with Crippen molar-refractivity contribution >= 4 is 27.5 Å². The van der Waals surface area contributed by atoms with E-state index in [9.17, 15) is 26.4 Å². The number of sulfonamides is 1. The fourth-order valence-corrected chi connectivity index (χ4v) is 4.59. The molecule has 0 unspecified atom stereocenters. The first-order valence-electron chi connectivity index (χ1n) is 8.41. The number of halogens is 4. The van der Waals surface area contributed by atoms with Gasteiger partial charge in [-0.3, -0.25) is 9.69 Å². The smallest absolute Gasteiger partial charge is 0.355 e. The molecular weight excluding hydrogens is 407 g/mol. The lowest BCUT2D eigenvalue weighted by Gasteiger charge is -2.33. The van der Waals surface area contributed by atoms with Crippen LogP contribution in [0.2, 0.25) is 5.02 Å². The molecule has 1 amide bonds. The highest BCUT2D eigenvalue weighted by molar-refractivity contribution is 7.89. The maximum Gasteiger partial charge on any atom is 0.416 e. The Morgan fingerprint density at radius 2 is 1.85 bits per heavy atom. The number of benzene rings is 1. The Morgan fingerprint density at radius 1 is 1.22 bits per heavy atom. The van der Waals surface area contributed by atoms with E-state index < -0.39 is 26.7 Å². The second-order valence-corrected chi connectivity index (χ2v) is 8.49. The summed E-state index contributed by atoms with van der Waals surface area (Å²) in [7, 11) is -4.17. The molecule has 0 bridgehead atoms. The molecule has 1 fully saturated rings. The van der Waals surface area contributed by atoms with Crippen LogP contribution < -0.4 is 5.32 Å². The summed E-state index contributed by atoms with van der Waals surface area (Å²) in [4.78, 5) is 13.0. The van der Waals surface area contributed by atoms with Crippen molar-refractivity contribution in [3.63, 3.8) is 0 Å². The molecule has 1 aromatic rings. The Labute approximate surface area is 161 Å². The van der Waals surface area contributed by atoms with Crippen LogP contribution in [0.3, 0.4) is 0 Å². The van der Waals surface area contributed by atoms with Crippen LogP contribution in [0.1, 0.15) is 18.9 Å². The Hall–Kier alpha value is -1.36. The van der Waals surface area contributed by atoms with Gasteiger partial charge in [-0.15, -0.1) is 0 Å². The number of carbonyl (C=O) groups is 1. The molecule has 1 saturated heterocycles. The van der Waals surface area contributed by atoms with E-state index in [-0.39, 0.29) is 30.6 Å². The minimum Gasteiger partial charge on any atom is -0.355 e. The average molecular weight is 428 g/mol. The summed E-state index contributed by atoms with van der Waals surface area (Å²) in [6.45, 7) is 3.39. The minimum absolute atomic E-state index is 0.0654. The van der Waals surface area contributed by atoms with E-state index in [4.69, 9.17) is 11.6 Å². The van der Waals surface area contributed by atoms with Crippen LogP contribution in [-0.2, 0) is 21.0 Å². The highest BCUT2D eigenvalue weighted by Gasteiger charge is 2.35. The molecule has 0 spiro atoms. The molecule has 2 rings (SSSR count). The fraction of sp³-hybridized carbons (Fsp3) is 0.562. The van der Waals surface area contributed by atoms with Gasteiger partial charge in [-0.2, -0.15) is 17.5 Å². The van der Waals surface area contributed by atoms with Crippen LogP contribution in [-0.4, -0.2) is 62.8 Å². The van der Waals surface area contributed by atoms with E-state index in [0.717, 1.165) is 22.9 Å². The van der Waals surface area contributed by atoms with Gasteiger partial charge < -0.3 is 5.32 Å². The lowest BCUT2D eigenvalue weighted by atomic mass is 10.2. The van der Waals surface area contributed by atoms with E-state index in [2.05, 4.69) is 5.32 Å². The Morgan fingerprint density at radius 3 is 2.41 bits per heavy atom. The van der Waals surface area contributed by atoms with Crippen molar-refractivity contribution in [2.24, 2.45) is 0 Å². The molecule has 0 saturated carbocycles. The molecule has 1 aliphatic heterocycles. The van der Waals surface area contributed by atoms with Gasteiger partial charge in [-0.25, -0.2) is 8.42 Å². The quantitative estimate of drug-likeness (QED) is 0.755. The molecule has 0 aliphatic carbocycles. The number of nitrogens with one attached hydrogen (secondary N) is 1.